The van der Waals surface area contributed by atoms with Crippen LogP contribution in [0.3, 0.4) is 0 Å². The molecule has 5 heteroatoms. The fourth-order valence-corrected chi connectivity index (χ4v) is 1.55. The third-order valence-electron chi connectivity index (χ3n) is 1.23. The number of sulfonamides is 1. The van der Waals surface area contributed by atoms with Crippen molar-refractivity contribution in [2.75, 3.05) is 6.61 Å². The quantitative estimate of drug-likeness (QED) is 0.517. The molecule has 0 bridgehead atoms. The first-order chi connectivity index (χ1) is 4.11. The van der Waals surface area contributed by atoms with Crippen LogP contribution in [0.1, 0.15) is 12.8 Å². The van der Waals surface area contributed by atoms with Gasteiger partial charge in [-0.25, -0.2) is 8.42 Å². The van der Waals surface area contributed by atoms with E-state index in [1.54, 1.807) is 0 Å². The van der Waals surface area contributed by atoms with Gasteiger partial charge < -0.3 is 4.74 Å². The van der Waals surface area contributed by atoms with Crippen LogP contribution in [0, 0.1) is 0 Å². The van der Waals surface area contributed by atoms with E-state index in [2.05, 4.69) is 0 Å². The van der Waals surface area contributed by atoms with Crippen molar-refractivity contribution in [1.29, 1.82) is 0 Å². The van der Waals surface area contributed by atoms with Gasteiger partial charge in [0.2, 0.25) is 0 Å². The molecule has 1 N–H and O–H groups in total. The average Bonchev–Trinajstić information content (AvgIpc) is 2.08. The Kier molecular flexibility index (Phi) is 1.74. The first kappa shape index (κ1) is 6.98. The zero-order valence-corrected chi connectivity index (χ0v) is 5.65. The van der Waals surface area contributed by atoms with Gasteiger partial charge in [0, 0.05) is 6.61 Å². The molecule has 0 aromatic carbocycles. The van der Waals surface area contributed by atoms with Crippen LogP contribution in [0.25, 0.3) is 0 Å². The summed E-state index contributed by atoms with van der Waals surface area (Å²) in [6, 6.07) is 0. The topological polar surface area (TPSA) is 67.2 Å². The van der Waals surface area contributed by atoms with Crippen LogP contribution in [0.4, 0.5) is 0 Å². The minimum absolute atomic E-state index is 0.475. The molecule has 0 saturated carbocycles. The first-order valence-corrected chi connectivity index (χ1v) is 4.25. The molecule has 0 amide bonds. The second-order valence-electron chi connectivity index (χ2n) is 1.99. The lowest BCUT2D eigenvalue weighted by atomic mass is 10.4. The molecule has 1 atom stereocenters. The van der Waals surface area contributed by atoms with Crippen LogP contribution >= 0.6 is 0 Å². The van der Waals surface area contributed by atoms with Crippen LogP contribution in [-0.4, -0.2) is 20.5 Å². The van der Waals surface area contributed by atoms with E-state index in [0.29, 0.717) is 13.0 Å². The SMILES string of the molecule is [NH]S(=O)(=O)C1CCCO1. The monoisotopic (exact) mass is 150 g/mol. The first-order valence-electron chi connectivity index (χ1n) is 2.71. The lowest BCUT2D eigenvalue weighted by Crippen LogP contribution is -2.19. The van der Waals surface area contributed by atoms with Gasteiger partial charge in [-0.3, -0.25) is 0 Å². The fourth-order valence-electron chi connectivity index (χ4n) is 0.793. The highest BCUT2D eigenvalue weighted by Crippen LogP contribution is 2.15. The van der Waals surface area contributed by atoms with Crippen molar-refractivity contribution in [2.45, 2.75) is 18.3 Å². The van der Waals surface area contributed by atoms with Crippen LogP contribution in [0.2, 0.25) is 0 Å². The molecule has 0 aromatic rings. The van der Waals surface area contributed by atoms with Gasteiger partial charge in [0.15, 0.2) is 5.44 Å². The van der Waals surface area contributed by atoms with Crippen molar-refractivity contribution in [3.05, 3.63) is 0 Å². The molecular weight excluding hydrogens is 142 g/mol. The van der Waals surface area contributed by atoms with Crippen LogP contribution in [-0.2, 0) is 14.8 Å². The highest BCUT2D eigenvalue weighted by Gasteiger charge is 2.26. The highest BCUT2D eigenvalue weighted by atomic mass is 32.2. The number of ether oxygens (including phenoxy) is 1. The Labute approximate surface area is 54.0 Å². The van der Waals surface area contributed by atoms with Gasteiger partial charge in [0.1, 0.15) is 0 Å². The molecule has 1 saturated heterocycles. The summed E-state index contributed by atoms with van der Waals surface area (Å²) in [6.45, 7) is 0.475. The molecule has 0 spiro atoms. The second kappa shape index (κ2) is 2.24. The molecule has 1 aliphatic rings. The van der Waals surface area contributed by atoms with Crippen molar-refractivity contribution in [2.24, 2.45) is 0 Å². The maximum Gasteiger partial charge on any atom is 0.252 e. The summed E-state index contributed by atoms with van der Waals surface area (Å²) in [6.07, 6.45) is 1.23. The summed E-state index contributed by atoms with van der Waals surface area (Å²) < 4.78 is 25.5. The van der Waals surface area contributed by atoms with Gasteiger partial charge >= 0.3 is 0 Å². The maximum absolute atomic E-state index is 10.4. The van der Waals surface area contributed by atoms with E-state index < -0.39 is 15.5 Å². The Balaban J connectivity index is 2.63. The zero-order valence-electron chi connectivity index (χ0n) is 4.83. The van der Waals surface area contributed by atoms with Gasteiger partial charge in [-0.05, 0) is 12.8 Å². The molecule has 1 unspecified atom stereocenters. The van der Waals surface area contributed by atoms with E-state index >= 15 is 0 Å². The van der Waals surface area contributed by atoms with Gasteiger partial charge in [0.25, 0.3) is 10.0 Å². The van der Waals surface area contributed by atoms with Crippen molar-refractivity contribution in [3.8, 4) is 0 Å². The maximum atomic E-state index is 10.4. The fraction of sp³-hybridized carbons (Fsp3) is 1.00. The molecule has 4 nitrogen and oxygen atoms in total. The summed E-state index contributed by atoms with van der Waals surface area (Å²) in [5.41, 5.74) is -0.850. The highest BCUT2D eigenvalue weighted by molar-refractivity contribution is 7.89. The van der Waals surface area contributed by atoms with E-state index in [-0.39, 0.29) is 0 Å². The van der Waals surface area contributed by atoms with E-state index in [0.717, 1.165) is 6.42 Å². The minimum Gasteiger partial charge on any atom is -0.361 e. The number of hydrogen-bond donors (Lipinski definition) is 0. The van der Waals surface area contributed by atoms with Crippen molar-refractivity contribution in [1.82, 2.24) is 5.14 Å². The number of rotatable bonds is 1. The standard InChI is InChI=1S/C4H8NO3S/c5-9(6,7)4-2-1-3-8-4/h4-5H,1-3H2. The molecule has 1 aliphatic heterocycles. The van der Waals surface area contributed by atoms with Crippen LogP contribution < -0.4 is 5.14 Å². The van der Waals surface area contributed by atoms with Crippen molar-refractivity contribution in [3.63, 3.8) is 0 Å². The summed E-state index contributed by atoms with van der Waals surface area (Å²) >= 11 is 0. The normalized spacial score (nSPS) is 28.8. The number of nitrogens with one attached hydrogen (secondary N) is 1. The Morgan fingerprint density at radius 1 is 1.56 bits per heavy atom. The van der Waals surface area contributed by atoms with Crippen LogP contribution in [0.15, 0.2) is 0 Å². The third-order valence-corrected chi connectivity index (χ3v) is 2.30. The van der Waals surface area contributed by atoms with Crippen molar-refractivity contribution >= 4 is 10.0 Å². The predicted octanol–water partition coefficient (Wildman–Crippen LogP) is -0.264. The lowest BCUT2D eigenvalue weighted by Gasteiger charge is -2.02. The zero-order chi connectivity index (χ0) is 6.91. The molecular formula is C4H8NO3S. The van der Waals surface area contributed by atoms with E-state index in [1.165, 1.54) is 0 Å². The largest absolute Gasteiger partial charge is 0.361 e. The Hall–Kier alpha value is -0.130. The van der Waals surface area contributed by atoms with Gasteiger partial charge in [-0.15, -0.1) is 5.14 Å². The van der Waals surface area contributed by atoms with Gasteiger partial charge in [-0.1, -0.05) is 0 Å². The molecule has 1 radical (unpaired) electrons. The van der Waals surface area contributed by atoms with Crippen molar-refractivity contribution < 1.29 is 13.2 Å². The van der Waals surface area contributed by atoms with Gasteiger partial charge in [-0.2, -0.15) is 0 Å². The molecule has 1 fully saturated rings. The second-order valence-corrected chi connectivity index (χ2v) is 3.60. The summed E-state index contributed by atoms with van der Waals surface area (Å²) in [5.74, 6) is 0. The molecule has 1 rings (SSSR count). The third kappa shape index (κ3) is 1.64. The van der Waals surface area contributed by atoms with Gasteiger partial charge in [0.05, 0.1) is 0 Å². The molecule has 0 aliphatic carbocycles. The molecule has 9 heavy (non-hydrogen) atoms. The van der Waals surface area contributed by atoms with E-state index in [4.69, 9.17) is 9.88 Å². The average molecular weight is 150 g/mol. The molecule has 53 valence electrons. The van der Waals surface area contributed by atoms with E-state index in [9.17, 15) is 8.42 Å². The lowest BCUT2D eigenvalue weighted by molar-refractivity contribution is 0.165. The summed E-state index contributed by atoms with van der Waals surface area (Å²) in [7, 11) is -3.67. The summed E-state index contributed by atoms with van der Waals surface area (Å²) in [5, 5.41) is 6.58. The smallest absolute Gasteiger partial charge is 0.252 e. The molecule has 0 aromatic heterocycles. The van der Waals surface area contributed by atoms with Crippen LogP contribution in [0.5, 0.6) is 0 Å². The Morgan fingerprint density at radius 3 is 2.44 bits per heavy atom. The number of hydrogen-bond acceptors (Lipinski definition) is 3. The molecule has 1 heterocycles. The minimum atomic E-state index is -3.67. The summed E-state index contributed by atoms with van der Waals surface area (Å²) in [4.78, 5) is 0. The Morgan fingerprint density at radius 2 is 2.22 bits per heavy atom. The predicted molar refractivity (Wildman–Crippen MR) is 31.0 cm³/mol. The van der Waals surface area contributed by atoms with E-state index in [1.807, 2.05) is 0 Å². The Bertz CT molecular complexity index is 180.